The molecule has 0 radical (unpaired) electrons. The lowest BCUT2D eigenvalue weighted by atomic mass is 10.2. The Labute approximate surface area is 188 Å². The molecule has 2 fully saturated rings. The van der Waals surface area contributed by atoms with Crippen LogP contribution in [0.3, 0.4) is 0 Å². The highest BCUT2D eigenvalue weighted by atomic mass is 16.5. The molecule has 2 aromatic rings. The number of anilines is 4. The summed E-state index contributed by atoms with van der Waals surface area (Å²) in [6, 6.07) is 13.0. The zero-order valence-electron chi connectivity index (χ0n) is 18.6. The van der Waals surface area contributed by atoms with Crippen molar-refractivity contribution in [3.8, 4) is 5.75 Å². The molecule has 0 unspecified atom stereocenters. The van der Waals surface area contributed by atoms with Gasteiger partial charge in [-0.25, -0.2) is 0 Å². The average molecular weight is 439 g/mol. The molecule has 4 rings (SSSR count). The number of methoxy groups -OCH3 is 1. The van der Waals surface area contributed by atoms with Gasteiger partial charge >= 0.3 is 0 Å². The fraction of sp³-hybridized carbons (Fsp3) is 0.417. The lowest BCUT2D eigenvalue weighted by Gasteiger charge is -2.29. The van der Waals surface area contributed by atoms with Gasteiger partial charge in [0.25, 0.3) is 0 Å². The van der Waals surface area contributed by atoms with E-state index in [0.717, 1.165) is 55.5 Å². The minimum absolute atomic E-state index is 0.108. The first-order chi connectivity index (χ1) is 15.5. The standard InChI is InChI=1S/C24H30N4O4/c1-17(24(30)26-18-5-8-20(9-6-18)27-12-14-32-15-13-27)25-19-7-10-21(22(16-19)31-2)28-11-3-4-23(28)29/h5-10,16-17,25H,3-4,11-15H2,1-2H3,(H,26,30)/t17-/m0/s1. The van der Waals surface area contributed by atoms with Crippen LogP contribution in [0.2, 0.25) is 0 Å². The van der Waals surface area contributed by atoms with Gasteiger partial charge in [0, 0.05) is 49.2 Å². The van der Waals surface area contributed by atoms with Gasteiger partial charge < -0.3 is 29.9 Å². The second kappa shape index (κ2) is 9.91. The van der Waals surface area contributed by atoms with E-state index in [1.807, 2.05) is 49.4 Å². The first-order valence-corrected chi connectivity index (χ1v) is 11.0. The molecule has 2 aliphatic rings. The SMILES string of the molecule is COc1cc(N[C@@H](C)C(=O)Nc2ccc(N3CCOCC3)cc2)ccc1N1CCCC1=O. The topological polar surface area (TPSA) is 83.1 Å². The second-order valence-electron chi connectivity index (χ2n) is 8.04. The molecule has 2 aromatic carbocycles. The maximum Gasteiger partial charge on any atom is 0.246 e. The number of hydrogen-bond acceptors (Lipinski definition) is 6. The monoisotopic (exact) mass is 438 g/mol. The van der Waals surface area contributed by atoms with Gasteiger partial charge in [-0.1, -0.05) is 0 Å². The molecule has 0 bridgehead atoms. The normalized spacial score (nSPS) is 17.2. The quantitative estimate of drug-likeness (QED) is 0.691. The van der Waals surface area contributed by atoms with Crippen molar-refractivity contribution < 1.29 is 19.1 Å². The second-order valence-corrected chi connectivity index (χ2v) is 8.04. The predicted molar refractivity (Wildman–Crippen MR) is 126 cm³/mol. The van der Waals surface area contributed by atoms with Crippen molar-refractivity contribution in [2.45, 2.75) is 25.8 Å². The molecular formula is C24H30N4O4. The number of amides is 2. The lowest BCUT2D eigenvalue weighted by Crippen LogP contribution is -2.36. The van der Waals surface area contributed by atoms with Crippen LogP contribution in [0.4, 0.5) is 22.7 Å². The van der Waals surface area contributed by atoms with Crippen molar-refractivity contribution in [1.82, 2.24) is 0 Å². The Morgan fingerprint density at radius 3 is 2.44 bits per heavy atom. The Morgan fingerprint density at radius 2 is 1.78 bits per heavy atom. The minimum atomic E-state index is -0.460. The first kappa shape index (κ1) is 22.0. The van der Waals surface area contributed by atoms with E-state index in [0.29, 0.717) is 18.7 Å². The predicted octanol–water partition coefficient (Wildman–Crippen LogP) is 3.10. The maximum atomic E-state index is 12.7. The average Bonchev–Trinajstić information content (AvgIpc) is 3.25. The van der Waals surface area contributed by atoms with E-state index in [1.165, 1.54) is 0 Å². The zero-order chi connectivity index (χ0) is 22.5. The van der Waals surface area contributed by atoms with Crippen LogP contribution in [-0.2, 0) is 14.3 Å². The Hall–Kier alpha value is -3.26. The molecule has 2 aliphatic heterocycles. The summed E-state index contributed by atoms with van der Waals surface area (Å²) in [7, 11) is 1.58. The van der Waals surface area contributed by atoms with Crippen LogP contribution >= 0.6 is 0 Å². The number of rotatable bonds is 7. The number of benzene rings is 2. The third-order valence-corrected chi connectivity index (χ3v) is 5.83. The van der Waals surface area contributed by atoms with Crippen LogP contribution < -0.4 is 25.2 Å². The van der Waals surface area contributed by atoms with E-state index in [1.54, 1.807) is 12.0 Å². The zero-order valence-corrected chi connectivity index (χ0v) is 18.6. The van der Waals surface area contributed by atoms with E-state index >= 15 is 0 Å². The van der Waals surface area contributed by atoms with Crippen LogP contribution in [0, 0.1) is 0 Å². The number of nitrogens with zero attached hydrogens (tertiary/aromatic N) is 2. The fourth-order valence-electron chi connectivity index (χ4n) is 4.04. The molecule has 1 atom stereocenters. The van der Waals surface area contributed by atoms with Gasteiger partial charge in [-0.2, -0.15) is 0 Å². The van der Waals surface area contributed by atoms with Crippen LogP contribution in [-0.4, -0.2) is 57.8 Å². The van der Waals surface area contributed by atoms with Gasteiger partial charge in [-0.05, 0) is 49.7 Å². The van der Waals surface area contributed by atoms with Gasteiger partial charge in [0.15, 0.2) is 0 Å². The smallest absolute Gasteiger partial charge is 0.246 e. The van der Waals surface area contributed by atoms with E-state index in [-0.39, 0.29) is 11.8 Å². The van der Waals surface area contributed by atoms with Gasteiger partial charge in [0.05, 0.1) is 26.0 Å². The summed E-state index contributed by atoms with van der Waals surface area (Å²) in [4.78, 5) is 28.8. The number of carbonyl (C=O) groups excluding carboxylic acids is 2. The van der Waals surface area contributed by atoms with Crippen LogP contribution in [0.5, 0.6) is 5.75 Å². The highest BCUT2D eigenvalue weighted by Crippen LogP contribution is 2.34. The Kier molecular flexibility index (Phi) is 6.80. The van der Waals surface area contributed by atoms with Crippen molar-refractivity contribution in [3.05, 3.63) is 42.5 Å². The summed E-state index contributed by atoms with van der Waals surface area (Å²) < 4.78 is 10.9. The van der Waals surface area contributed by atoms with Crippen LogP contribution in [0.1, 0.15) is 19.8 Å². The Balaban J connectivity index is 1.36. The molecule has 2 N–H and O–H groups in total. The van der Waals surface area contributed by atoms with E-state index in [9.17, 15) is 9.59 Å². The molecule has 32 heavy (non-hydrogen) atoms. The summed E-state index contributed by atoms with van der Waals surface area (Å²) in [5, 5.41) is 6.16. The molecular weight excluding hydrogens is 408 g/mol. The molecule has 2 heterocycles. The summed E-state index contributed by atoms with van der Waals surface area (Å²) in [5.41, 5.74) is 3.39. The summed E-state index contributed by atoms with van der Waals surface area (Å²) in [6.07, 6.45) is 1.42. The highest BCUT2D eigenvalue weighted by molar-refractivity contribution is 5.98. The number of nitrogens with one attached hydrogen (secondary N) is 2. The largest absolute Gasteiger partial charge is 0.494 e. The van der Waals surface area contributed by atoms with Gasteiger partial charge in [-0.15, -0.1) is 0 Å². The third kappa shape index (κ3) is 4.96. The third-order valence-electron chi connectivity index (χ3n) is 5.83. The molecule has 8 nitrogen and oxygen atoms in total. The van der Waals surface area contributed by atoms with E-state index < -0.39 is 6.04 Å². The van der Waals surface area contributed by atoms with Crippen molar-refractivity contribution in [2.24, 2.45) is 0 Å². The van der Waals surface area contributed by atoms with Crippen molar-refractivity contribution in [2.75, 3.05) is 60.4 Å². The summed E-state index contributed by atoms with van der Waals surface area (Å²) in [5.74, 6) is 0.579. The van der Waals surface area contributed by atoms with E-state index in [2.05, 4.69) is 15.5 Å². The number of hydrogen-bond donors (Lipinski definition) is 2. The molecule has 0 aliphatic carbocycles. The lowest BCUT2D eigenvalue weighted by molar-refractivity contribution is -0.117. The van der Waals surface area contributed by atoms with Gasteiger partial charge in [-0.3, -0.25) is 9.59 Å². The maximum absolute atomic E-state index is 12.7. The fourth-order valence-corrected chi connectivity index (χ4v) is 4.04. The Bertz CT molecular complexity index is 957. The molecule has 2 amide bonds. The molecule has 0 spiro atoms. The molecule has 2 saturated heterocycles. The number of carbonyl (C=O) groups is 2. The summed E-state index contributed by atoms with van der Waals surface area (Å²) >= 11 is 0. The first-order valence-electron chi connectivity index (χ1n) is 11.0. The van der Waals surface area contributed by atoms with Gasteiger partial charge in [0.2, 0.25) is 11.8 Å². The minimum Gasteiger partial charge on any atom is -0.494 e. The molecule has 8 heteroatoms. The van der Waals surface area contributed by atoms with Crippen molar-refractivity contribution in [3.63, 3.8) is 0 Å². The highest BCUT2D eigenvalue weighted by Gasteiger charge is 2.25. The molecule has 170 valence electrons. The van der Waals surface area contributed by atoms with Gasteiger partial charge in [0.1, 0.15) is 11.8 Å². The van der Waals surface area contributed by atoms with Crippen molar-refractivity contribution in [1.29, 1.82) is 0 Å². The summed E-state index contributed by atoms with van der Waals surface area (Å²) in [6.45, 7) is 5.73. The molecule has 0 aromatic heterocycles. The number of morpholine rings is 1. The van der Waals surface area contributed by atoms with Crippen LogP contribution in [0.15, 0.2) is 42.5 Å². The van der Waals surface area contributed by atoms with Crippen molar-refractivity contribution >= 4 is 34.6 Å². The van der Waals surface area contributed by atoms with E-state index in [4.69, 9.17) is 9.47 Å². The molecule has 0 saturated carbocycles. The number of ether oxygens (including phenoxy) is 2. The Morgan fingerprint density at radius 1 is 1.06 bits per heavy atom. The van der Waals surface area contributed by atoms with Crippen LogP contribution in [0.25, 0.3) is 0 Å².